The van der Waals surface area contributed by atoms with Crippen molar-refractivity contribution >= 4 is 15.9 Å². The molecule has 0 heterocycles. The van der Waals surface area contributed by atoms with Crippen molar-refractivity contribution in [3.63, 3.8) is 0 Å². The summed E-state index contributed by atoms with van der Waals surface area (Å²) in [5.74, 6) is 2.39. The third-order valence-corrected chi connectivity index (χ3v) is 6.52. The molecule has 0 spiro atoms. The van der Waals surface area contributed by atoms with Crippen LogP contribution in [-0.2, 0) is 5.33 Å². The van der Waals surface area contributed by atoms with E-state index in [2.05, 4.69) is 40.2 Å². The van der Waals surface area contributed by atoms with Crippen molar-refractivity contribution in [1.82, 2.24) is 0 Å². The second-order valence-corrected chi connectivity index (χ2v) is 7.62. The van der Waals surface area contributed by atoms with Crippen LogP contribution in [0.15, 0.2) is 36.4 Å². The molecule has 3 nitrogen and oxygen atoms in total. The van der Waals surface area contributed by atoms with Gasteiger partial charge in [-0.1, -0.05) is 0 Å². The third kappa shape index (κ3) is 4.03. The fourth-order valence-electron chi connectivity index (χ4n) is 1.80. The van der Waals surface area contributed by atoms with E-state index in [4.69, 9.17) is 14.2 Å². The molecule has 0 amide bonds. The summed E-state index contributed by atoms with van der Waals surface area (Å²) in [4.78, 5) is 0. The summed E-state index contributed by atoms with van der Waals surface area (Å²) in [5.41, 5.74) is 1.27. The minimum atomic E-state index is -0.384. The summed E-state index contributed by atoms with van der Waals surface area (Å²) < 4.78 is 18.7. The first kappa shape index (κ1) is 16.4. The first-order valence-electron chi connectivity index (χ1n) is 6.31. The predicted octanol–water partition coefficient (Wildman–Crippen LogP) is 0.736. The van der Waals surface area contributed by atoms with Gasteiger partial charge in [0.15, 0.2) is 0 Å². The van der Waals surface area contributed by atoms with Gasteiger partial charge in [-0.25, -0.2) is 0 Å². The molecular weight excluding hydrogens is 447 g/mol. The zero-order valence-corrected chi connectivity index (χ0v) is 15.9. The Bertz CT molecular complexity index is 574. The Kier molecular flexibility index (Phi) is 6.17. The number of alkyl halides is 1. The van der Waals surface area contributed by atoms with Crippen molar-refractivity contribution in [2.45, 2.75) is 5.33 Å². The van der Waals surface area contributed by atoms with Crippen LogP contribution in [0.2, 0.25) is 0 Å². The maximum atomic E-state index is 5.51. The van der Waals surface area contributed by atoms with Gasteiger partial charge < -0.3 is 0 Å². The van der Waals surface area contributed by atoms with E-state index in [1.807, 2.05) is 12.1 Å². The SMILES string of the molecule is COc1cc(OC)c([I-]c2ccc(CBr)cc2)c(OC)c1. The summed E-state index contributed by atoms with van der Waals surface area (Å²) in [6.07, 6.45) is 0. The number of hydrogen-bond donors (Lipinski definition) is 0. The van der Waals surface area contributed by atoms with Gasteiger partial charge in [0.2, 0.25) is 0 Å². The molecule has 5 heteroatoms. The second kappa shape index (κ2) is 7.89. The summed E-state index contributed by atoms with van der Waals surface area (Å²) in [6, 6.07) is 12.5. The number of ether oxygens (including phenoxy) is 3. The van der Waals surface area contributed by atoms with Crippen molar-refractivity contribution < 1.29 is 35.4 Å². The maximum absolute atomic E-state index is 5.51. The monoisotopic (exact) mass is 463 g/mol. The Labute approximate surface area is 144 Å². The van der Waals surface area contributed by atoms with Gasteiger partial charge >= 0.3 is 144 Å². The van der Waals surface area contributed by atoms with Gasteiger partial charge in [0.05, 0.1) is 0 Å². The number of methoxy groups -OCH3 is 3. The molecule has 0 atom stereocenters. The molecule has 0 aliphatic carbocycles. The number of hydrogen-bond acceptors (Lipinski definition) is 3. The fourth-order valence-corrected chi connectivity index (χ4v) is 4.80. The van der Waals surface area contributed by atoms with Crippen LogP contribution >= 0.6 is 15.9 Å². The van der Waals surface area contributed by atoms with E-state index in [-0.39, 0.29) is 21.2 Å². The van der Waals surface area contributed by atoms with Gasteiger partial charge in [0.25, 0.3) is 0 Å². The van der Waals surface area contributed by atoms with E-state index in [1.165, 1.54) is 9.13 Å². The Balaban J connectivity index is 2.36. The van der Waals surface area contributed by atoms with Crippen molar-refractivity contribution in [3.8, 4) is 17.2 Å². The van der Waals surface area contributed by atoms with E-state index in [0.717, 1.165) is 26.1 Å². The van der Waals surface area contributed by atoms with Crippen LogP contribution in [0.1, 0.15) is 5.56 Å². The molecule has 2 aromatic carbocycles. The van der Waals surface area contributed by atoms with Crippen LogP contribution in [0.4, 0.5) is 0 Å². The quantitative estimate of drug-likeness (QED) is 0.467. The Hall–Kier alpha value is -0.950. The first-order chi connectivity index (χ1) is 10.2. The van der Waals surface area contributed by atoms with Crippen LogP contribution in [-0.4, -0.2) is 21.3 Å². The second-order valence-electron chi connectivity index (χ2n) is 4.20. The summed E-state index contributed by atoms with van der Waals surface area (Å²) >= 11 is 3.08. The van der Waals surface area contributed by atoms with Crippen molar-refractivity contribution in [3.05, 3.63) is 49.1 Å². The Morgan fingerprint density at radius 2 is 1.48 bits per heavy atom. The average Bonchev–Trinajstić information content (AvgIpc) is 2.55. The van der Waals surface area contributed by atoms with Gasteiger partial charge in [-0.15, -0.1) is 0 Å². The van der Waals surface area contributed by atoms with E-state index < -0.39 is 0 Å². The Morgan fingerprint density at radius 3 is 1.90 bits per heavy atom. The molecule has 0 fully saturated rings. The van der Waals surface area contributed by atoms with Crippen molar-refractivity contribution in [1.29, 1.82) is 0 Å². The van der Waals surface area contributed by atoms with Gasteiger partial charge in [0, 0.05) is 0 Å². The summed E-state index contributed by atoms with van der Waals surface area (Å²) in [5, 5.41) is 0.876. The molecule has 0 aromatic heterocycles. The molecule has 0 radical (unpaired) electrons. The summed E-state index contributed by atoms with van der Waals surface area (Å²) in [6.45, 7) is 0. The molecule has 2 aromatic rings. The molecule has 0 bridgehead atoms. The molecular formula is C16H17BrIO3-. The van der Waals surface area contributed by atoms with Gasteiger partial charge in [-0.2, -0.15) is 0 Å². The predicted molar refractivity (Wildman–Crippen MR) is 82.6 cm³/mol. The van der Waals surface area contributed by atoms with Crippen LogP contribution in [0.3, 0.4) is 0 Å². The van der Waals surface area contributed by atoms with Gasteiger partial charge in [0.1, 0.15) is 0 Å². The normalized spacial score (nSPS) is 10.5. The van der Waals surface area contributed by atoms with Gasteiger partial charge in [-0.05, 0) is 0 Å². The molecule has 0 saturated carbocycles. The van der Waals surface area contributed by atoms with E-state index in [0.29, 0.717) is 0 Å². The van der Waals surface area contributed by atoms with Crippen molar-refractivity contribution in [2.24, 2.45) is 0 Å². The molecule has 2 rings (SSSR count). The van der Waals surface area contributed by atoms with E-state index >= 15 is 0 Å². The van der Waals surface area contributed by atoms with Gasteiger partial charge in [-0.3, -0.25) is 0 Å². The van der Waals surface area contributed by atoms with E-state index in [9.17, 15) is 0 Å². The molecule has 0 unspecified atom stereocenters. The van der Waals surface area contributed by atoms with Crippen LogP contribution < -0.4 is 35.4 Å². The minimum absolute atomic E-state index is 0.384. The zero-order chi connectivity index (χ0) is 15.2. The average molecular weight is 464 g/mol. The standard InChI is InChI=1S/C16H17BrIO3/c1-19-13-8-14(20-2)16(15(9-13)21-3)18-12-6-4-11(10-17)5-7-12/h4-9H,10H2,1-3H3/q-1. The topological polar surface area (TPSA) is 27.7 Å². The number of rotatable bonds is 6. The molecule has 114 valence electrons. The number of halogens is 2. The fraction of sp³-hybridized carbons (Fsp3) is 0.250. The van der Waals surface area contributed by atoms with Crippen molar-refractivity contribution in [2.75, 3.05) is 21.3 Å². The molecule has 0 aliphatic rings. The molecule has 0 N–H and O–H groups in total. The summed E-state index contributed by atoms with van der Waals surface area (Å²) in [7, 11) is 4.99. The molecule has 0 aliphatic heterocycles. The van der Waals surface area contributed by atoms with E-state index in [1.54, 1.807) is 21.3 Å². The first-order valence-corrected chi connectivity index (χ1v) is 9.59. The zero-order valence-electron chi connectivity index (χ0n) is 12.2. The van der Waals surface area contributed by atoms with Crippen LogP contribution in [0.5, 0.6) is 17.2 Å². The molecule has 21 heavy (non-hydrogen) atoms. The number of benzene rings is 2. The van der Waals surface area contributed by atoms with Crippen LogP contribution in [0, 0.1) is 7.14 Å². The third-order valence-electron chi connectivity index (χ3n) is 2.93. The molecule has 0 saturated heterocycles. The Morgan fingerprint density at radius 1 is 0.905 bits per heavy atom. The van der Waals surface area contributed by atoms with Crippen LogP contribution in [0.25, 0.3) is 0 Å².